The van der Waals surface area contributed by atoms with Gasteiger partial charge in [0.1, 0.15) is 6.07 Å². The van der Waals surface area contributed by atoms with Crippen LogP contribution in [-0.2, 0) is 0 Å². The molecule has 3 rings (SSSR count). The van der Waals surface area contributed by atoms with Crippen LogP contribution in [0.3, 0.4) is 0 Å². The van der Waals surface area contributed by atoms with Gasteiger partial charge in [0.15, 0.2) is 11.5 Å². The van der Waals surface area contributed by atoms with Crippen LogP contribution in [0.1, 0.15) is 15.8 Å². The highest BCUT2D eigenvalue weighted by molar-refractivity contribution is 8.19. The van der Waals surface area contributed by atoms with Gasteiger partial charge in [-0.2, -0.15) is 5.26 Å². The summed E-state index contributed by atoms with van der Waals surface area (Å²) in [5.41, 5.74) is 1.35. The Bertz CT molecular complexity index is 712. The average molecular weight is 331 g/mol. The topological polar surface area (TPSA) is 68.0 Å². The number of nitrogens with zero attached hydrogens (tertiary/aromatic N) is 3. The summed E-state index contributed by atoms with van der Waals surface area (Å²) in [4.78, 5) is 7.98. The third kappa shape index (κ3) is 3.13. The molecule has 0 N–H and O–H groups in total. The van der Waals surface area contributed by atoms with Crippen molar-refractivity contribution in [2.45, 2.75) is 4.58 Å². The van der Waals surface area contributed by atoms with Gasteiger partial charge in [0.05, 0.1) is 11.7 Å². The first-order valence-electron chi connectivity index (χ1n) is 6.62. The van der Waals surface area contributed by atoms with Crippen LogP contribution in [0.15, 0.2) is 30.6 Å². The molecule has 0 saturated carbocycles. The van der Waals surface area contributed by atoms with E-state index in [1.165, 1.54) is 29.5 Å². The van der Waals surface area contributed by atoms with Crippen LogP contribution in [0.4, 0.5) is 0 Å². The Balaban J connectivity index is 1.89. The smallest absolute Gasteiger partial charge is 0.256 e. The first-order chi connectivity index (χ1) is 10.8. The van der Waals surface area contributed by atoms with Crippen molar-refractivity contribution in [3.63, 3.8) is 0 Å². The van der Waals surface area contributed by atoms with E-state index in [0.29, 0.717) is 16.1 Å². The van der Waals surface area contributed by atoms with Crippen molar-refractivity contribution < 1.29 is 9.47 Å². The monoisotopic (exact) mass is 331 g/mol. The van der Waals surface area contributed by atoms with E-state index in [1.54, 1.807) is 7.11 Å². The Labute approximate surface area is 137 Å². The fourth-order valence-corrected chi connectivity index (χ4v) is 4.89. The molecule has 7 heteroatoms. The maximum Gasteiger partial charge on any atom is 0.256 e. The molecule has 0 spiro atoms. The van der Waals surface area contributed by atoms with Crippen molar-refractivity contribution in [1.29, 1.82) is 5.26 Å². The normalized spacial score (nSPS) is 14.5. The lowest BCUT2D eigenvalue weighted by Crippen LogP contribution is -1.97. The molecular weight excluding hydrogens is 318 g/mol. The number of aromatic nitrogens is 2. The van der Waals surface area contributed by atoms with Gasteiger partial charge in [0, 0.05) is 23.9 Å². The number of benzene rings is 1. The van der Waals surface area contributed by atoms with Gasteiger partial charge in [-0.15, -0.1) is 23.5 Å². The van der Waals surface area contributed by atoms with E-state index >= 15 is 0 Å². The second-order valence-electron chi connectivity index (χ2n) is 4.41. The largest absolute Gasteiger partial charge is 0.493 e. The lowest BCUT2D eigenvalue weighted by molar-refractivity contribution is 0.372. The predicted molar refractivity (Wildman–Crippen MR) is 87.5 cm³/mol. The van der Waals surface area contributed by atoms with E-state index in [4.69, 9.17) is 14.7 Å². The predicted octanol–water partition coefficient (Wildman–Crippen LogP) is 3.63. The summed E-state index contributed by atoms with van der Waals surface area (Å²) in [5, 5.41) is 9.04. The summed E-state index contributed by atoms with van der Waals surface area (Å²) in [6.45, 7) is 0. The minimum absolute atomic E-state index is 0.149. The second-order valence-corrected chi connectivity index (χ2v) is 7.13. The molecule has 0 bridgehead atoms. The molecule has 22 heavy (non-hydrogen) atoms. The van der Waals surface area contributed by atoms with Gasteiger partial charge < -0.3 is 9.47 Å². The molecule has 0 aliphatic carbocycles. The molecule has 1 saturated heterocycles. The Hall–Kier alpha value is -1.91. The van der Waals surface area contributed by atoms with Crippen LogP contribution < -0.4 is 9.47 Å². The van der Waals surface area contributed by atoms with Crippen LogP contribution in [0.5, 0.6) is 17.4 Å². The third-order valence-corrected chi connectivity index (χ3v) is 6.16. The maximum absolute atomic E-state index is 9.04. The summed E-state index contributed by atoms with van der Waals surface area (Å²) in [5.74, 6) is 3.67. The number of methoxy groups -OCH3 is 1. The molecule has 112 valence electrons. The van der Waals surface area contributed by atoms with E-state index in [9.17, 15) is 0 Å². The van der Waals surface area contributed by atoms with Crippen LogP contribution in [0.2, 0.25) is 0 Å². The van der Waals surface area contributed by atoms with E-state index in [-0.39, 0.29) is 11.6 Å². The van der Waals surface area contributed by atoms with Gasteiger partial charge in [-0.3, -0.25) is 0 Å². The van der Waals surface area contributed by atoms with Crippen molar-refractivity contribution in [3.05, 3.63) is 41.9 Å². The number of hydrogen-bond acceptors (Lipinski definition) is 7. The van der Waals surface area contributed by atoms with Crippen molar-refractivity contribution >= 4 is 23.5 Å². The highest BCUT2D eigenvalue weighted by Gasteiger charge is 2.20. The molecule has 1 aromatic heterocycles. The molecule has 0 unspecified atom stereocenters. The van der Waals surface area contributed by atoms with Crippen molar-refractivity contribution in [3.8, 4) is 23.4 Å². The van der Waals surface area contributed by atoms with E-state index in [0.717, 1.165) is 0 Å². The van der Waals surface area contributed by atoms with Gasteiger partial charge in [-0.1, -0.05) is 6.07 Å². The van der Waals surface area contributed by atoms with Gasteiger partial charge in [-0.25, -0.2) is 9.97 Å². The summed E-state index contributed by atoms with van der Waals surface area (Å²) in [6.07, 6.45) is 2.95. The summed E-state index contributed by atoms with van der Waals surface area (Å²) >= 11 is 3.86. The van der Waals surface area contributed by atoms with E-state index in [1.807, 2.05) is 47.8 Å². The van der Waals surface area contributed by atoms with Gasteiger partial charge >= 0.3 is 0 Å². The number of ether oxygens (including phenoxy) is 2. The third-order valence-electron chi connectivity index (χ3n) is 3.06. The highest BCUT2D eigenvalue weighted by atomic mass is 32.2. The highest BCUT2D eigenvalue weighted by Crippen LogP contribution is 2.47. The Morgan fingerprint density at radius 1 is 1.18 bits per heavy atom. The van der Waals surface area contributed by atoms with E-state index in [2.05, 4.69) is 9.97 Å². The van der Waals surface area contributed by atoms with Gasteiger partial charge in [-0.05, 0) is 17.7 Å². The molecule has 0 radical (unpaired) electrons. The van der Waals surface area contributed by atoms with Crippen molar-refractivity contribution in [1.82, 2.24) is 9.97 Å². The zero-order chi connectivity index (χ0) is 15.4. The summed E-state index contributed by atoms with van der Waals surface area (Å²) in [7, 11) is 1.60. The number of thioether (sulfide) groups is 2. The standard InChI is InChI=1S/C15H13N3O2S2/c1-19-13-8-10(15-21-6-7-22-15)2-3-12(13)20-14-11(9-16)17-4-5-18-14/h2-5,8,15H,6-7H2,1H3. The fraction of sp³-hybridized carbons (Fsp3) is 0.267. The number of hydrogen-bond donors (Lipinski definition) is 0. The zero-order valence-electron chi connectivity index (χ0n) is 11.9. The van der Waals surface area contributed by atoms with Crippen molar-refractivity contribution in [2.24, 2.45) is 0 Å². The molecular formula is C15H13N3O2S2. The summed E-state index contributed by atoms with van der Waals surface area (Å²) in [6, 6.07) is 7.82. The Morgan fingerprint density at radius 2 is 1.95 bits per heavy atom. The van der Waals surface area contributed by atoms with Crippen LogP contribution in [-0.4, -0.2) is 28.6 Å². The Kier molecular flexibility index (Phi) is 4.71. The second kappa shape index (κ2) is 6.90. The summed E-state index contributed by atoms with van der Waals surface area (Å²) < 4.78 is 11.6. The van der Waals surface area contributed by atoms with Gasteiger partial charge in [0.2, 0.25) is 5.69 Å². The lowest BCUT2D eigenvalue weighted by atomic mass is 10.2. The first kappa shape index (κ1) is 15.0. The molecule has 1 aromatic carbocycles. The minimum atomic E-state index is 0.149. The molecule has 2 aromatic rings. The Morgan fingerprint density at radius 3 is 2.68 bits per heavy atom. The quantitative estimate of drug-likeness (QED) is 0.847. The van der Waals surface area contributed by atoms with Crippen LogP contribution >= 0.6 is 23.5 Å². The molecule has 2 heterocycles. The fourth-order valence-electron chi connectivity index (χ4n) is 2.05. The van der Waals surface area contributed by atoms with Crippen LogP contribution in [0, 0.1) is 11.3 Å². The molecule has 5 nitrogen and oxygen atoms in total. The SMILES string of the molecule is COc1cc(C2SCCS2)ccc1Oc1nccnc1C#N. The zero-order valence-corrected chi connectivity index (χ0v) is 13.5. The average Bonchev–Trinajstić information content (AvgIpc) is 3.10. The lowest BCUT2D eigenvalue weighted by Gasteiger charge is -2.14. The molecule has 0 atom stereocenters. The van der Waals surface area contributed by atoms with Crippen molar-refractivity contribution in [2.75, 3.05) is 18.6 Å². The van der Waals surface area contributed by atoms with Crippen LogP contribution in [0.25, 0.3) is 0 Å². The van der Waals surface area contributed by atoms with Gasteiger partial charge in [0.25, 0.3) is 5.88 Å². The first-order valence-corrected chi connectivity index (χ1v) is 8.71. The number of rotatable bonds is 4. The molecule has 1 aliphatic rings. The molecule has 1 fully saturated rings. The van der Waals surface area contributed by atoms with E-state index < -0.39 is 0 Å². The molecule has 0 amide bonds. The minimum Gasteiger partial charge on any atom is -0.493 e. The molecule has 1 aliphatic heterocycles. The maximum atomic E-state index is 9.04. The number of nitriles is 1.